The van der Waals surface area contributed by atoms with E-state index >= 15 is 0 Å². The number of rotatable bonds is 6. The molecule has 120 valence electrons. The number of hydrogen-bond acceptors (Lipinski definition) is 2. The fourth-order valence-corrected chi connectivity index (χ4v) is 2.09. The molecule has 1 rings (SSSR count). The Labute approximate surface area is 129 Å². The molecule has 1 nitrogen and oxygen atoms in total. The van der Waals surface area contributed by atoms with Gasteiger partial charge < -0.3 is 4.74 Å². The maximum absolute atomic E-state index is 11.9. The van der Waals surface area contributed by atoms with Crippen LogP contribution in [0, 0.1) is 0 Å². The molecule has 0 saturated carbocycles. The monoisotopic (exact) mass is 320 g/mol. The average Bonchev–Trinajstić information content (AvgIpc) is 2.40. The van der Waals surface area contributed by atoms with Gasteiger partial charge in [0, 0.05) is 10.6 Å². The number of benzene rings is 1. The van der Waals surface area contributed by atoms with Crippen LogP contribution in [-0.4, -0.2) is 12.1 Å². The van der Waals surface area contributed by atoms with Gasteiger partial charge in [-0.05, 0) is 37.1 Å². The van der Waals surface area contributed by atoms with Crippen molar-refractivity contribution < 1.29 is 17.9 Å². The van der Waals surface area contributed by atoms with Crippen LogP contribution in [0.3, 0.4) is 0 Å². The third kappa shape index (κ3) is 12.4. The molecule has 0 heterocycles. The Balaban J connectivity index is 0.00000122. The lowest BCUT2D eigenvalue weighted by Gasteiger charge is -2.08. The minimum Gasteiger partial charge on any atom is -0.406 e. The van der Waals surface area contributed by atoms with Crippen LogP contribution in [-0.2, 0) is 0 Å². The summed E-state index contributed by atoms with van der Waals surface area (Å²) >= 11 is 1.61. The van der Waals surface area contributed by atoms with Crippen molar-refractivity contribution in [3.63, 3.8) is 0 Å². The van der Waals surface area contributed by atoms with E-state index in [0.29, 0.717) is 0 Å². The molecule has 0 atom stereocenters. The summed E-state index contributed by atoms with van der Waals surface area (Å²) in [4.78, 5) is 0.939. The van der Waals surface area contributed by atoms with Gasteiger partial charge in [-0.2, -0.15) is 0 Å². The summed E-state index contributed by atoms with van der Waals surface area (Å²) in [6.45, 7) is 6.32. The van der Waals surface area contributed by atoms with Crippen LogP contribution in [0.2, 0.25) is 0 Å². The van der Waals surface area contributed by atoms with Crippen LogP contribution in [0.25, 0.3) is 0 Å². The van der Waals surface area contributed by atoms with Crippen LogP contribution in [0.15, 0.2) is 41.3 Å². The number of thioether (sulfide) groups is 1. The van der Waals surface area contributed by atoms with Gasteiger partial charge in [0.1, 0.15) is 5.75 Å². The highest BCUT2D eigenvalue weighted by molar-refractivity contribution is 7.99. The van der Waals surface area contributed by atoms with Crippen LogP contribution < -0.4 is 4.74 Å². The zero-order valence-electron chi connectivity index (χ0n) is 12.7. The zero-order chi connectivity index (χ0) is 16.1. The van der Waals surface area contributed by atoms with Crippen LogP contribution in [0.1, 0.15) is 40.0 Å². The molecule has 0 aliphatic rings. The van der Waals surface area contributed by atoms with E-state index in [-0.39, 0.29) is 5.75 Å². The van der Waals surface area contributed by atoms with E-state index in [4.69, 9.17) is 0 Å². The summed E-state index contributed by atoms with van der Waals surface area (Å²) in [5.41, 5.74) is 0. The van der Waals surface area contributed by atoms with Crippen LogP contribution in [0.4, 0.5) is 13.2 Å². The molecule has 1 aromatic rings. The van der Waals surface area contributed by atoms with Crippen molar-refractivity contribution in [2.45, 2.75) is 51.3 Å². The molecule has 0 fully saturated rings. The quantitative estimate of drug-likeness (QED) is 0.338. The zero-order valence-corrected chi connectivity index (χ0v) is 13.6. The van der Waals surface area contributed by atoms with E-state index in [0.717, 1.165) is 23.5 Å². The predicted molar refractivity (Wildman–Crippen MR) is 83.9 cm³/mol. The summed E-state index contributed by atoms with van der Waals surface area (Å²) in [6, 6.07) is 5.93. The summed E-state index contributed by atoms with van der Waals surface area (Å²) in [7, 11) is 0. The van der Waals surface area contributed by atoms with Crippen molar-refractivity contribution in [1.82, 2.24) is 0 Å². The SMILES string of the molecule is CC/C=C/CCSc1ccc(OC(F)(F)F)cc1.CCC. The number of allylic oxidation sites excluding steroid dienone is 2. The summed E-state index contributed by atoms with van der Waals surface area (Å²) in [6.07, 6.45) is 2.81. The van der Waals surface area contributed by atoms with E-state index in [1.807, 2.05) is 0 Å². The molecular weight excluding hydrogens is 297 g/mol. The van der Waals surface area contributed by atoms with Crippen molar-refractivity contribution in [3.8, 4) is 5.75 Å². The highest BCUT2D eigenvalue weighted by atomic mass is 32.2. The van der Waals surface area contributed by atoms with Gasteiger partial charge in [-0.1, -0.05) is 39.3 Å². The molecule has 0 aromatic heterocycles. The van der Waals surface area contributed by atoms with Gasteiger partial charge in [0.05, 0.1) is 0 Å². The Hall–Kier alpha value is -1.10. The third-order valence-electron chi connectivity index (χ3n) is 2.01. The fourth-order valence-electron chi connectivity index (χ4n) is 1.27. The predicted octanol–water partition coefficient (Wildman–Crippen LogP) is 6.45. The highest BCUT2D eigenvalue weighted by Gasteiger charge is 2.30. The molecule has 1 aromatic carbocycles. The smallest absolute Gasteiger partial charge is 0.406 e. The third-order valence-corrected chi connectivity index (χ3v) is 3.06. The topological polar surface area (TPSA) is 9.23 Å². The first-order valence-electron chi connectivity index (χ1n) is 7.06. The Morgan fingerprint density at radius 3 is 2.10 bits per heavy atom. The van der Waals surface area contributed by atoms with E-state index in [1.54, 1.807) is 23.9 Å². The number of halogens is 3. The minimum absolute atomic E-state index is 0.183. The van der Waals surface area contributed by atoms with Crippen LogP contribution in [0.5, 0.6) is 5.75 Å². The van der Waals surface area contributed by atoms with Crippen LogP contribution >= 0.6 is 11.8 Å². The molecule has 0 N–H and O–H groups in total. The summed E-state index contributed by atoms with van der Waals surface area (Å²) < 4.78 is 39.6. The maximum Gasteiger partial charge on any atom is 0.573 e. The first kappa shape index (κ1) is 19.9. The lowest BCUT2D eigenvalue weighted by molar-refractivity contribution is -0.274. The standard InChI is InChI=1S/C13H15F3OS.C3H8/c1-2-3-4-5-10-18-12-8-6-11(7-9-12)17-13(14,15)16;1-3-2/h3-4,6-9H,2,5,10H2,1H3;3H2,1-2H3/b4-3+;. The van der Waals surface area contributed by atoms with E-state index in [1.165, 1.54) is 18.6 Å². The molecular formula is C16H23F3OS. The van der Waals surface area contributed by atoms with Crippen molar-refractivity contribution in [3.05, 3.63) is 36.4 Å². The highest BCUT2D eigenvalue weighted by Crippen LogP contribution is 2.26. The average molecular weight is 320 g/mol. The largest absolute Gasteiger partial charge is 0.573 e. The van der Waals surface area contributed by atoms with Gasteiger partial charge in [0.25, 0.3) is 0 Å². The van der Waals surface area contributed by atoms with Crippen molar-refractivity contribution in [1.29, 1.82) is 0 Å². The molecule has 0 amide bonds. The first-order valence-corrected chi connectivity index (χ1v) is 8.05. The number of alkyl halides is 3. The van der Waals surface area contributed by atoms with Crippen molar-refractivity contribution in [2.24, 2.45) is 0 Å². The molecule has 0 bridgehead atoms. The summed E-state index contributed by atoms with van der Waals surface area (Å²) in [5, 5.41) is 0. The summed E-state index contributed by atoms with van der Waals surface area (Å²) in [5.74, 6) is 0.730. The number of ether oxygens (including phenoxy) is 1. The van der Waals surface area contributed by atoms with E-state index in [2.05, 4.69) is 37.7 Å². The van der Waals surface area contributed by atoms with Gasteiger partial charge >= 0.3 is 6.36 Å². The van der Waals surface area contributed by atoms with E-state index < -0.39 is 6.36 Å². The van der Waals surface area contributed by atoms with Crippen molar-refractivity contribution in [2.75, 3.05) is 5.75 Å². The Bertz CT molecular complexity index is 386. The second-order valence-electron chi connectivity index (χ2n) is 4.24. The molecule has 0 aliphatic carbocycles. The lowest BCUT2D eigenvalue weighted by Crippen LogP contribution is -2.16. The molecule has 0 unspecified atom stereocenters. The molecule has 5 heteroatoms. The first-order chi connectivity index (χ1) is 9.92. The molecule has 0 aliphatic heterocycles. The van der Waals surface area contributed by atoms with Gasteiger partial charge in [-0.25, -0.2) is 0 Å². The molecule has 0 saturated heterocycles. The van der Waals surface area contributed by atoms with Gasteiger partial charge in [0.15, 0.2) is 0 Å². The minimum atomic E-state index is -4.63. The fraction of sp³-hybridized carbons (Fsp3) is 0.500. The molecule has 0 spiro atoms. The molecule has 21 heavy (non-hydrogen) atoms. The Morgan fingerprint density at radius 2 is 1.62 bits per heavy atom. The van der Waals surface area contributed by atoms with Gasteiger partial charge in [-0.3, -0.25) is 0 Å². The van der Waals surface area contributed by atoms with Crippen molar-refractivity contribution >= 4 is 11.8 Å². The molecule has 0 radical (unpaired) electrons. The Morgan fingerprint density at radius 1 is 1.05 bits per heavy atom. The van der Waals surface area contributed by atoms with Gasteiger partial charge in [0.2, 0.25) is 0 Å². The lowest BCUT2D eigenvalue weighted by atomic mass is 10.3. The number of hydrogen-bond donors (Lipinski definition) is 0. The second kappa shape index (κ2) is 11.5. The Kier molecular flexibility index (Phi) is 10.9. The normalized spacial score (nSPS) is 11.1. The second-order valence-corrected chi connectivity index (χ2v) is 5.41. The van der Waals surface area contributed by atoms with E-state index in [9.17, 15) is 13.2 Å². The maximum atomic E-state index is 11.9. The van der Waals surface area contributed by atoms with Gasteiger partial charge in [-0.15, -0.1) is 24.9 Å².